The van der Waals surface area contributed by atoms with Crippen LogP contribution in [0, 0.1) is 6.92 Å². The minimum Gasteiger partial charge on any atom is -0.354 e. The summed E-state index contributed by atoms with van der Waals surface area (Å²) in [4.78, 5) is 12.4. The van der Waals surface area contributed by atoms with E-state index >= 15 is 0 Å². The first kappa shape index (κ1) is 25.3. The standard InChI is InChI=1S/C24H34N2O3S2/c1-19-7-9-20(10-8-19)18-30-16-6-15-25-23(27)17-26(31(5,28)29)22-13-11-21(12-14-22)24(2,3)4/h7-14H,6,15-18H2,1-5H3,(H,25,27). The van der Waals surface area contributed by atoms with Crippen LogP contribution in [0.4, 0.5) is 5.69 Å². The van der Waals surface area contributed by atoms with Crippen LogP contribution < -0.4 is 9.62 Å². The normalized spacial score (nSPS) is 11.9. The van der Waals surface area contributed by atoms with Crippen LogP contribution in [0.15, 0.2) is 48.5 Å². The van der Waals surface area contributed by atoms with Crippen molar-refractivity contribution in [3.8, 4) is 0 Å². The molecule has 0 spiro atoms. The second-order valence-corrected chi connectivity index (χ2v) is 11.8. The molecule has 0 saturated heterocycles. The van der Waals surface area contributed by atoms with Crippen LogP contribution in [0.25, 0.3) is 0 Å². The Balaban J connectivity index is 1.81. The third-order valence-corrected chi connectivity index (χ3v) is 7.14. The largest absolute Gasteiger partial charge is 0.354 e. The summed E-state index contributed by atoms with van der Waals surface area (Å²) in [6.45, 7) is 8.69. The topological polar surface area (TPSA) is 66.5 Å². The summed E-state index contributed by atoms with van der Waals surface area (Å²) in [5.74, 6) is 1.58. The van der Waals surface area contributed by atoms with Crippen molar-refractivity contribution in [3.63, 3.8) is 0 Å². The van der Waals surface area contributed by atoms with E-state index in [0.717, 1.165) is 34.1 Å². The number of sulfonamides is 1. The van der Waals surface area contributed by atoms with Gasteiger partial charge < -0.3 is 5.32 Å². The second kappa shape index (κ2) is 11.0. The van der Waals surface area contributed by atoms with Crippen LogP contribution >= 0.6 is 11.8 Å². The molecule has 0 aromatic heterocycles. The van der Waals surface area contributed by atoms with Gasteiger partial charge in [0.05, 0.1) is 11.9 Å². The highest BCUT2D eigenvalue weighted by molar-refractivity contribution is 7.98. The zero-order valence-corrected chi connectivity index (χ0v) is 20.8. The van der Waals surface area contributed by atoms with E-state index in [9.17, 15) is 13.2 Å². The third-order valence-electron chi connectivity index (χ3n) is 4.89. The number of hydrogen-bond donors (Lipinski definition) is 1. The fourth-order valence-electron chi connectivity index (χ4n) is 2.99. The number of nitrogens with zero attached hydrogens (tertiary/aromatic N) is 1. The van der Waals surface area contributed by atoms with Crippen LogP contribution in [0.1, 0.15) is 43.9 Å². The molecule has 0 aliphatic heterocycles. The van der Waals surface area contributed by atoms with E-state index in [2.05, 4.69) is 57.3 Å². The molecule has 0 saturated carbocycles. The van der Waals surface area contributed by atoms with Crippen LogP contribution in [-0.2, 0) is 26.0 Å². The lowest BCUT2D eigenvalue weighted by molar-refractivity contribution is -0.119. The van der Waals surface area contributed by atoms with Crippen LogP contribution in [0.3, 0.4) is 0 Å². The minimum absolute atomic E-state index is 0.0245. The van der Waals surface area contributed by atoms with Crippen LogP contribution in [-0.4, -0.2) is 39.4 Å². The average molecular weight is 463 g/mol. The van der Waals surface area contributed by atoms with Gasteiger partial charge in [0.25, 0.3) is 0 Å². The Morgan fingerprint density at radius 2 is 1.65 bits per heavy atom. The van der Waals surface area contributed by atoms with E-state index in [4.69, 9.17) is 0 Å². The smallest absolute Gasteiger partial charge is 0.240 e. The van der Waals surface area contributed by atoms with Gasteiger partial charge in [-0.3, -0.25) is 9.10 Å². The summed E-state index contributed by atoms with van der Waals surface area (Å²) in [6, 6.07) is 15.8. The van der Waals surface area contributed by atoms with Crippen molar-refractivity contribution in [1.82, 2.24) is 5.32 Å². The molecule has 0 fully saturated rings. The molecule has 2 aromatic carbocycles. The quantitative estimate of drug-likeness (QED) is 0.528. The molecule has 7 heteroatoms. The molecule has 0 bridgehead atoms. The number of nitrogens with one attached hydrogen (secondary N) is 1. The van der Waals surface area contributed by atoms with Gasteiger partial charge in [0, 0.05) is 12.3 Å². The number of hydrogen-bond acceptors (Lipinski definition) is 4. The highest BCUT2D eigenvalue weighted by Gasteiger charge is 2.21. The highest BCUT2D eigenvalue weighted by atomic mass is 32.2. The number of carbonyl (C=O) groups is 1. The van der Waals surface area contributed by atoms with Crippen molar-refractivity contribution in [2.45, 2.75) is 45.3 Å². The first-order valence-electron chi connectivity index (χ1n) is 10.4. The van der Waals surface area contributed by atoms with E-state index < -0.39 is 10.0 Å². The molecule has 31 heavy (non-hydrogen) atoms. The Morgan fingerprint density at radius 3 is 2.19 bits per heavy atom. The predicted molar refractivity (Wildman–Crippen MR) is 132 cm³/mol. The van der Waals surface area contributed by atoms with Gasteiger partial charge in [-0.2, -0.15) is 11.8 Å². The van der Waals surface area contributed by atoms with Gasteiger partial charge >= 0.3 is 0 Å². The number of amides is 1. The van der Waals surface area contributed by atoms with Gasteiger partial charge in [-0.15, -0.1) is 0 Å². The van der Waals surface area contributed by atoms with Crippen molar-refractivity contribution in [1.29, 1.82) is 0 Å². The van der Waals surface area contributed by atoms with Gasteiger partial charge in [-0.05, 0) is 47.8 Å². The molecule has 0 heterocycles. The highest BCUT2D eigenvalue weighted by Crippen LogP contribution is 2.25. The Bertz CT molecular complexity index is 948. The molecule has 2 aromatic rings. The van der Waals surface area contributed by atoms with Gasteiger partial charge in [-0.25, -0.2) is 8.42 Å². The number of thioether (sulfide) groups is 1. The molecule has 2 rings (SSSR count). The first-order chi connectivity index (χ1) is 14.5. The van der Waals surface area contributed by atoms with Gasteiger partial charge in [-0.1, -0.05) is 62.7 Å². The number of rotatable bonds is 10. The Hall–Kier alpha value is -1.99. The van der Waals surface area contributed by atoms with Gasteiger partial charge in [0.2, 0.25) is 15.9 Å². The number of benzene rings is 2. The Labute approximate surface area is 191 Å². The van der Waals surface area contributed by atoms with Crippen LogP contribution in [0.5, 0.6) is 0 Å². The average Bonchev–Trinajstić information content (AvgIpc) is 2.69. The molecule has 170 valence electrons. The summed E-state index contributed by atoms with van der Waals surface area (Å²) in [7, 11) is -3.57. The van der Waals surface area contributed by atoms with E-state index in [1.165, 1.54) is 11.1 Å². The predicted octanol–water partition coefficient (Wildman–Crippen LogP) is 4.50. The zero-order chi connectivity index (χ0) is 23.1. The summed E-state index contributed by atoms with van der Waals surface area (Å²) in [6.07, 6.45) is 1.96. The van der Waals surface area contributed by atoms with Crippen molar-refractivity contribution in [3.05, 3.63) is 65.2 Å². The molecule has 0 atom stereocenters. The number of carbonyl (C=O) groups excluding carboxylic acids is 1. The lowest BCUT2D eigenvalue weighted by Gasteiger charge is -2.24. The molecule has 0 aliphatic rings. The maximum atomic E-state index is 12.4. The fourth-order valence-corrected chi connectivity index (χ4v) is 4.77. The van der Waals surface area contributed by atoms with Crippen molar-refractivity contribution < 1.29 is 13.2 Å². The Kier molecular flexibility index (Phi) is 9.01. The molecule has 0 radical (unpaired) electrons. The number of aryl methyl sites for hydroxylation is 1. The second-order valence-electron chi connectivity index (χ2n) is 8.81. The summed E-state index contributed by atoms with van der Waals surface area (Å²) < 4.78 is 25.7. The van der Waals surface area contributed by atoms with Gasteiger partial charge in [0.15, 0.2) is 0 Å². The van der Waals surface area contributed by atoms with Crippen LogP contribution in [0.2, 0.25) is 0 Å². The fraction of sp³-hybridized carbons (Fsp3) is 0.458. The summed E-state index contributed by atoms with van der Waals surface area (Å²) in [5, 5.41) is 2.84. The van der Waals surface area contributed by atoms with Gasteiger partial charge in [0.1, 0.15) is 6.54 Å². The first-order valence-corrected chi connectivity index (χ1v) is 13.5. The zero-order valence-electron chi connectivity index (χ0n) is 19.1. The molecular weight excluding hydrogens is 428 g/mol. The maximum Gasteiger partial charge on any atom is 0.240 e. The SMILES string of the molecule is Cc1ccc(CSCCCNC(=O)CN(c2ccc(C(C)(C)C)cc2)S(C)(=O)=O)cc1. The van der Waals surface area contributed by atoms with E-state index in [-0.39, 0.29) is 17.9 Å². The lowest BCUT2D eigenvalue weighted by Crippen LogP contribution is -2.40. The monoisotopic (exact) mass is 462 g/mol. The van der Waals surface area contributed by atoms with E-state index in [1.54, 1.807) is 12.1 Å². The van der Waals surface area contributed by atoms with Crippen molar-refractivity contribution >= 4 is 33.4 Å². The molecule has 0 aliphatic carbocycles. The maximum absolute atomic E-state index is 12.4. The molecule has 0 unspecified atom stereocenters. The van der Waals surface area contributed by atoms with E-state index in [0.29, 0.717) is 12.2 Å². The van der Waals surface area contributed by atoms with E-state index in [1.807, 2.05) is 23.9 Å². The Morgan fingerprint density at radius 1 is 1.03 bits per heavy atom. The summed E-state index contributed by atoms with van der Waals surface area (Å²) in [5.41, 5.74) is 4.13. The third kappa shape index (κ3) is 8.57. The molecule has 1 amide bonds. The summed E-state index contributed by atoms with van der Waals surface area (Å²) >= 11 is 1.82. The lowest BCUT2D eigenvalue weighted by atomic mass is 9.87. The minimum atomic E-state index is -3.57. The molecule has 5 nitrogen and oxygen atoms in total. The molecule has 1 N–H and O–H groups in total. The number of anilines is 1. The van der Waals surface area contributed by atoms with Crippen molar-refractivity contribution in [2.75, 3.05) is 29.4 Å². The molecular formula is C24H34N2O3S2. The van der Waals surface area contributed by atoms with Crippen molar-refractivity contribution in [2.24, 2.45) is 0 Å².